The fraction of sp³-hybridized carbons (Fsp3) is 0.500. The average Bonchev–Trinajstić information content (AvgIpc) is 2.50. The van der Waals surface area contributed by atoms with Crippen molar-refractivity contribution in [1.29, 1.82) is 0 Å². The molecule has 1 heterocycles. The van der Waals surface area contributed by atoms with Gasteiger partial charge in [0.05, 0.1) is 12.2 Å². The topological polar surface area (TPSA) is 35.5 Å². The molecular weight excluding hydrogens is 357 g/mol. The molecule has 0 fully saturated rings. The number of rotatable bonds is 2. The van der Waals surface area contributed by atoms with Crippen molar-refractivity contribution in [3.63, 3.8) is 0 Å². The van der Waals surface area contributed by atoms with E-state index in [0.717, 1.165) is 6.08 Å². The first-order valence-corrected chi connectivity index (χ1v) is 8.06. The minimum absolute atomic E-state index is 0.0602. The van der Waals surface area contributed by atoms with Crippen molar-refractivity contribution in [2.75, 3.05) is 6.61 Å². The first-order valence-electron chi connectivity index (χ1n) is 8.39. The van der Waals surface area contributed by atoms with Crippen molar-refractivity contribution in [3.8, 4) is 5.75 Å². The molecule has 1 atom stereocenters. The van der Waals surface area contributed by atoms with Crippen molar-refractivity contribution in [1.82, 2.24) is 0 Å². The fourth-order valence-corrected chi connectivity index (χ4v) is 3.33. The molecule has 0 saturated heterocycles. The standard InChI is InChI=1S/C18H20ClF3O3/c1-6-24-16(23)11-7-10-8-12(19)13(17(3,4)5)9(2)14(10)25-15(11)18(20,21)22/h7-8,15H,6H2,1-5H3/i2D. The molecule has 0 bridgehead atoms. The number of alkyl halides is 3. The largest absolute Gasteiger partial charge is 0.475 e. The molecule has 2 rings (SSSR count). The van der Waals surface area contributed by atoms with Crippen molar-refractivity contribution >= 4 is 23.6 Å². The molecule has 1 aromatic carbocycles. The molecule has 1 aromatic rings. The SMILES string of the molecule is [2H]Cc1c2c(cc(Cl)c1C(C)(C)C)C=C(C(=O)OCC)C(C(F)(F)F)O2. The number of carbonyl (C=O) groups is 1. The smallest absolute Gasteiger partial charge is 0.430 e. The van der Waals surface area contributed by atoms with Crippen LogP contribution in [0, 0.1) is 6.90 Å². The third-order valence-corrected chi connectivity index (χ3v) is 4.04. The number of ether oxygens (including phenoxy) is 2. The summed E-state index contributed by atoms with van der Waals surface area (Å²) in [6.07, 6.45) is -6.17. The van der Waals surface area contributed by atoms with Crippen molar-refractivity contribution in [2.45, 2.75) is 52.3 Å². The monoisotopic (exact) mass is 377 g/mol. The van der Waals surface area contributed by atoms with Gasteiger partial charge in [0, 0.05) is 12.0 Å². The Labute approximate surface area is 151 Å². The van der Waals surface area contributed by atoms with E-state index in [-0.39, 0.29) is 30.4 Å². The van der Waals surface area contributed by atoms with Crippen molar-refractivity contribution < 1.29 is 28.8 Å². The molecule has 0 radical (unpaired) electrons. The van der Waals surface area contributed by atoms with Gasteiger partial charge in [-0.15, -0.1) is 0 Å². The Kier molecular flexibility index (Phi) is 4.75. The number of carbonyl (C=O) groups excluding carboxylic acids is 1. The van der Waals surface area contributed by atoms with Crippen LogP contribution in [-0.2, 0) is 14.9 Å². The van der Waals surface area contributed by atoms with Gasteiger partial charge in [-0.1, -0.05) is 32.4 Å². The van der Waals surface area contributed by atoms with Crippen molar-refractivity contribution in [3.05, 3.63) is 33.4 Å². The molecule has 138 valence electrons. The minimum atomic E-state index is -4.81. The van der Waals surface area contributed by atoms with E-state index in [2.05, 4.69) is 0 Å². The lowest BCUT2D eigenvalue weighted by Crippen LogP contribution is -2.41. The second kappa shape index (κ2) is 6.56. The summed E-state index contributed by atoms with van der Waals surface area (Å²) in [5.41, 5.74) is -0.0588. The molecular formula is C18H20ClF3O3. The van der Waals surface area contributed by atoms with E-state index in [0.29, 0.717) is 10.6 Å². The van der Waals surface area contributed by atoms with Gasteiger partial charge in [0.2, 0.25) is 6.10 Å². The van der Waals surface area contributed by atoms with Crippen LogP contribution in [0.4, 0.5) is 13.2 Å². The first-order chi connectivity index (χ1) is 11.9. The molecule has 0 amide bonds. The maximum atomic E-state index is 13.5. The molecule has 1 aliphatic rings. The Morgan fingerprint density at radius 3 is 2.52 bits per heavy atom. The average molecular weight is 378 g/mol. The maximum Gasteiger partial charge on any atom is 0.430 e. The summed E-state index contributed by atoms with van der Waals surface area (Å²) in [5.74, 6) is -1.16. The van der Waals surface area contributed by atoms with Gasteiger partial charge in [0.25, 0.3) is 0 Å². The Morgan fingerprint density at radius 2 is 2.04 bits per heavy atom. The molecule has 7 heteroatoms. The predicted octanol–water partition coefficient (Wildman–Crippen LogP) is 5.22. The van der Waals surface area contributed by atoms with Crippen LogP contribution in [0.15, 0.2) is 11.6 Å². The molecule has 0 aromatic heterocycles. The second-order valence-electron chi connectivity index (χ2n) is 6.74. The Balaban J connectivity index is 2.73. The summed E-state index contributed by atoms with van der Waals surface area (Å²) in [7, 11) is 0. The van der Waals surface area contributed by atoms with Crippen LogP contribution >= 0.6 is 11.6 Å². The van der Waals surface area contributed by atoms with Gasteiger partial charge >= 0.3 is 12.1 Å². The van der Waals surface area contributed by atoms with Gasteiger partial charge in [0.1, 0.15) is 5.75 Å². The predicted molar refractivity (Wildman–Crippen MR) is 90.0 cm³/mol. The third kappa shape index (κ3) is 3.78. The summed E-state index contributed by atoms with van der Waals surface area (Å²) >= 11 is 6.34. The number of fused-ring (bicyclic) bond motifs is 1. The number of hydrogen-bond acceptors (Lipinski definition) is 3. The highest BCUT2D eigenvalue weighted by molar-refractivity contribution is 6.32. The Morgan fingerprint density at radius 1 is 1.40 bits per heavy atom. The zero-order valence-corrected chi connectivity index (χ0v) is 15.1. The zero-order chi connectivity index (χ0) is 19.9. The lowest BCUT2D eigenvalue weighted by molar-refractivity contribution is -0.188. The van der Waals surface area contributed by atoms with E-state index in [4.69, 9.17) is 22.4 Å². The fourth-order valence-electron chi connectivity index (χ4n) is 2.81. The summed E-state index contributed by atoms with van der Waals surface area (Å²) in [6.45, 7) is 6.69. The second-order valence-corrected chi connectivity index (χ2v) is 7.15. The van der Waals surface area contributed by atoms with E-state index in [1.165, 1.54) is 13.0 Å². The molecule has 0 spiro atoms. The molecule has 1 unspecified atom stereocenters. The van der Waals surface area contributed by atoms with Crippen LogP contribution in [0.3, 0.4) is 0 Å². The molecule has 0 saturated carbocycles. The van der Waals surface area contributed by atoms with Crippen LogP contribution in [0.5, 0.6) is 5.75 Å². The van der Waals surface area contributed by atoms with Crippen LogP contribution < -0.4 is 4.74 Å². The quantitative estimate of drug-likeness (QED) is 0.663. The van der Waals surface area contributed by atoms with Gasteiger partial charge < -0.3 is 9.47 Å². The van der Waals surface area contributed by atoms with E-state index < -0.39 is 29.2 Å². The number of benzene rings is 1. The van der Waals surface area contributed by atoms with Crippen LogP contribution in [-0.4, -0.2) is 24.9 Å². The van der Waals surface area contributed by atoms with E-state index in [1.54, 1.807) is 0 Å². The van der Waals surface area contributed by atoms with Gasteiger partial charge in [0.15, 0.2) is 0 Å². The number of esters is 1. The first kappa shape index (κ1) is 18.1. The van der Waals surface area contributed by atoms with Gasteiger partial charge in [-0.2, -0.15) is 13.2 Å². The van der Waals surface area contributed by atoms with Crippen LogP contribution in [0.2, 0.25) is 5.02 Å². The summed E-state index contributed by atoms with van der Waals surface area (Å²) < 4.78 is 58.2. The molecule has 1 aliphatic heterocycles. The number of hydrogen-bond donors (Lipinski definition) is 0. The molecule has 0 aliphatic carbocycles. The van der Waals surface area contributed by atoms with Gasteiger partial charge in [-0.3, -0.25) is 0 Å². The van der Waals surface area contributed by atoms with E-state index >= 15 is 0 Å². The normalized spacial score (nSPS) is 18.0. The highest BCUT2D eigenvalue weighted by atomic mass is 35.5. The highest BCUT2D eigenvalue weighted by Crippen LogP contribution is 2.45. The lowest BCUT2D eigenvalue weighted by atomic mass is 9.82. The van der Waals surface area contributed by atoms with E-state index in [9.17, 15) is 18.0 Å². The molecule has 0 N–H and O–H groups in total. The van der Waals surface area contributed by atoms with Crippen LogP contribution in [0.25, 0.3) is 6.08 Å². The van der Waals surface area contributed by atoms with Gasteiger partial charge in [-0.05, 0) is 42.5 Å². The third-order valence-electron chi connectivity index (χ3n) is 3.75. The van der Waals surface area contributed by atoms with Crippen LogP contribution in [0.1, 0.15) is 45.8 Å². The Bertz CT molecular complexity index is 752. The molecule has 3 nitrogen and oxygen atoms in total. The number of halogens is 4. The van der Waals surface area contributed by atoms with Gasteiger partial charge in [-0.25, -0.2) is 4.79 Å². The molecule has 25 heavy (non-hydrogen) atoms. The maximum absolute atomic E-state index is 13.5. The summed E-state index contributed by atoms with van der Waals surface area (Å²) in [6, 6.07) is 1.46. The lowest BCUT2D eigenvalue weighted by Gasteiger charge is -2.32. The minimum Gasteiger partial charge on any atom is -0.475 e. The summed E-state index contributed by atoms with van der Waals surface area (Å²) in [4.78, 5) is 12.0. The zero-order valence-electron chi connectivity index (χ0n) is 15.4. The summed E-state index contributed by atoms with van der Waals surface area (Å²) in [5, 5.41) is 0.312. The highest BCUT2D eigenvalue weighted by Gasteiger charge is 2.49. The van der Waals surface area contributed by atoms with Crippen molar-refractivity contribution in [2.24, 2.45) is 0 Å². The van der Waals surface area contributed by atoms with E-state index in [1.807, 2.05) is 20.8 Å². The Hall–Kier alpha value is -1.69.